The number of rotatable bonds is 11. The first kappa shape index (κ1) is 20.0. The lowest BCUT2D eigenvalue weighted by Gasteiger charge is -2.15. The van der Waals surface area contributed by atoms with E-state index < -0.39 is 11.9 Å². The van der Waals surface area contributed by atoms with Crippen LogP contribution >= 0.6 is 0 Å². The molecular formula is C22H30N2O2. The molecule has 4 nitrogen and oxygen atoms in total. The second-order valence-corrected chi connectivity index (χ2v) is 6.94. The molecule has 0 radical (unpaired) electrons. The van der Waals surface area contributed by atoms with E-state index in [1.807, 2.05) is 42.5 Å². The van der Waals surface area contributed by atoms with E-state index in [2.05, 4.69) is 12.2 Å². The van der Waals surface area contributed by atoms with Gasteiger partial charge in [0.25, 0.3) is 0 Å². The molecule has 140 valence electrons. The van der Waals surface area contributed by atoms with Crippen LogP contribution in [0.3, 0.4) is 0 Å². The molecule has 2 rings (SSSR count). The molecule has 0 spiro atoms. The maximum Gasteiger partial charge on any atom is 0.239 e. The van der Waals surface area contributed by atoms with Crippen LogP contribution in [-0.2, 0) is 16.0 Å². The van der Waals surface area contributed by atoms with E-state index in [9.17, 15) is 9.59 Å². The Kier molecular flexibility index (Phi) is 8.13. The molecule has 1 atom stereocenters. The van der Waals surface area contributed by atoms with Crippen LogP contribution in [0.5, 0.6) is 0 Å². The lowest BCUT2D eigenvalue weighted by molar-refractivity contribution is -0.127. The van der Waals surface area contributed by atoms with Gasteiger partial charge in [0.1, 0.15) is 6.04 Å². The predicted molar refractivity (Wildman–Crippen MR) is 107 cm³/mol. The molecule has 0 saturated carbocycles. The highest BCUT2D eigenvalue weighted by Crippen LogP contribution is 2.16. The van der Waals surface area contributed by atoms with E-state index in [1.54, 1.807) is 0 Å². The molecule has 0 aliphatic rings. The number of carbonyl (C=O) groups excluding carboxylic acids is 2. The fourth-order valence-electron chi connectivity index (χ4n) is 3.19. The first-order valence-corrected chi connectivity index (χ1v) is 9.66. The average Bonchev–Trinajstić information content (AvgIpc) is 2.63. The van der Waals surface area contributed by atoms with Crippen molar-refractivity contribution < 1.29 is 9.59 Å². The Bertz CT molecular complexity index is 727. The molecule has 0 saturated heterocycles. The van der Waals surface area contributed by atoms with Gasteiger partial charge in [-0.25, -0.2) is 0 Å². The summed E-state index contributed by atoms with van der Waals surface area (Å²) in [7, 11) is 0. The van der Waals surface area contributed by atoms with Gasteiger partial charge < -0.3 is 11.1 Å². The Morgan fingerprint density at radius 2 is 1.65 bits per heavy atom. The van der Waals surface area contributed by atoms with Crippen molar-refractivity contribution in [3.8, 4) is 0 Å². The number of primary amides is 1. The number of nitrogens with one attached hydrogen (secondary N) is 1. The van der Waals surface area contributed by atoms with Crippen LogP contribution in [0, 0.1) is 0 Å². The number of hydrogen-bond acceptors (Lipinski definition) is 2. The molecule has 26 heavy (non-hydrogen) atoms. The fraction of sp³-hybridized carbons (Fsp3) is 0.455. The van der Waals surface area contributed by atoms with Crippen molar-refractivity contribution in [2.75, 3.05) is 0 Å². The van der Waals surface area contributed by atoms with Crippen molar-refractivity contribution in [2.45, 2.75) is 64.3 Å². The van der Waals surface area contributed by atoms with Gasteiger partial charge in [-0.1, -0.05) is 87.9 Å². The quantitative estimate of drug-likeness (QED) is 0.596. The Hall–Kier alpha value is -2.36. The minimum atomic E-state index is -0.575. The molecule has 0 heterocycles. The summed E-state index contributed by atoms with van der Waals surface area (Å²) in [6.07, 6.45) is 7.72. The van der Waals surface area contributed by atoms with Gasteiger partial charge in [-0.3, -0.25) is 9.59 Å². The third-order valence-corrected chi connectivity index (χ3v) is 4.70. The van der Waals surface area contributed by atoms with E-state index in [0.717, 1.165) is 29.2 Å². The number of nitrogens with two attached hydrogens (primary N) is 1. The maximum absolute atomic E-state index is 12.3. The van der Waals surface area contributed by atoms with Crippen LogP contribution in [0.25, 0.3) is 10.8 Å². The van der Waals surface area contributed by atoms with Gasteiger partial charge in [-0.2, -0.15) is 0 Å². The number of benzene rings is 2. The van der Waals surface area contributed by atoms with Crippen molar-refractivity contribution in [3.63, 3.8) is 0 Å². The van der Waals surface area contributed by atoms with Crippen LogP contribution < -0.4 is 11.1 Å². The number of hydrogen-bond donors (Lipinski definition) is 2. The molecule has 0 bridgehead atoms. The minimum Gasteiger partial charge on any atom is -0.368 e. The molecule has 0 aromatic heterocycles. The van der Waals surface area contributed by atoms with Crippen molar-refractivity contribution in [2.24, 2.45) is 5.73 Å². The molecular weight excluding hydrogens is 324 g/mol. The standard InChI is InChI=1S/C22H30N2O2/c1-2-3-4-5-6-7-12-20(22(23)26)24-21(25)16-17-13-14-18-10-8-9-11-19(18)15-17/h8-11,13-15,20H,2-7,12,16H2,1H3,(H2,23,26)(H,24,25)/t20-/m0/s1. The van der Waals surface area contributed by atoms with Crippen molar-refractivity contribution in [3.05, 3.63) is 48.0 Å². The normalized spacial score (nSPS) is 12.0. The van der Waals surface area contributed by atoms with Crippen molar-refractivity contribution in [1.29, 1.82) is 0 Å². The Labute approximate surface area is 156 Å². The third-order valence-electron chi connectivity index (χ3n) is 4.70. The number of amides is 2. The predicted octanol–water partition coefficient (Wildman–Crippen LogP) is 4.10. The Morgan fingerprint density at radius 1 is 0.962 bits per heavy atom. The van der Waals surface area contributed by atoms with Gasteiger partial charge in [-0.15, -0.1) is 0 Å². The molecule has 2 aromatic rings. The maximum atomic E-state index is 12.3. The highest BCUT2D eigenvalue weighted by Gasteiger charge is 2.17. The summed E-state index contributed by atoms with van der Waals surface area (Å²) >= 11 is 0. The minimum absolute atomic E-state index is 0.157. The average molecular weight is 354 g/mol. The summed E-state index contributed by atoms with van der Waals surface area (Å²) in [5.74, 6) is -0.611. The van der Waals surface area contributed by atoms with Crippen LogP contribution in [0.2, 0.25) is 0 Å². The summed E-state index contributed by atoms with van der Waals surface area (Å²) in [5.41, 5.74) is 6.40. The van der Waals surface area contributed by atoms with Gasteiger partial charge in [-0.05, 0) is 22.8 Å². The second kappa shape index (κ2) is 10.6. The molecule has 2 amide bonds. The van der Waals surface area contributed by atoms with Gasteiger partial charge in [0.05, 0.1) is 6.42 Å². The molecule has 0 aliphatic heterocycles. The van der Waals surface area contributed by atoms with Gasteiger partial charge in [0.15, 0.2) is 0 Å². The Morgan fingerprint density at radius 3 is 2.38 bits per heavy atom. The molecule has 3 N–H and O–H groups in total. The van der Waals surface area contributed by atoms with E-state index >= 15 is 0 Å². The van der Waals surface area contributed by atoms with Gasteiger partial charge in [0, 0.05) is 0 Å². The van der Waals surface area contributed by atoms with Crippen molar-refractivity contribution in [1.82, 2.24) is 5.32 Å². The largest absolute Gasteiger partial charge is 0.368 e. The summed E-state index contributed by atoms with van der Waals surface area (Å²) in [4.78, 5) is 24.0. The van der Waals surface area contributed by atoms with Crippen LogP contribution in [0.4, 0.5) is 0 Å². The lowest BCUT2D eigenvalue weighted by Crippen LogP contribution is -2.44. The summed E-state index contributed by atoms with van der Waals surface area (Å²) in [6, 6.07) is 13.5. The van der Waals surface area contributed by atoms with Gasteiger partial charge >= 0.3 is 0 Å². The summed E-state index contributed by atoms with van der Waals surface area (Å²) < 4.78 is 0. The van der Waals surface area contributed by atoms with Crippen LogP contribution in [0.15, 0.2) is 42.5 Å². The fourth-order valence-corrected chi connectivity index (χ4v) is 3.19. The number of unbranched alkanes of at least 4 members (excludes halogenated alkanes) is 5. The SMILES string of the molecule is CCCCCCCC[C@H](NC(=O)Cc1ccc2ccccc2c1)C(N)=O. The van der Waals surface area contributed by atoms with E-state index in [1.165, 1.54) is 25.7 Å². The summed E-state index contributed by atoms with van der Waals surface area (Å²) in [5, 5.41) is 5.06. The number of fused-ring (bicyclic) bond motifs is 1. The van der Waals surface area contributed by atoms with E-state index in [-0.39, 0.29) is 12.3 Å². The zero-order valence-electron chi connectivity index (χ0n) is 15.7. The molecule has 0 aliphatic carbocycles. The van der Waals surface area contributed by atoms with E-state index in [4.69, 9.17) is 5.73 Å². The first-order valence-electron chi connectivity index (χ1n) is 9.66. The van der Waals surface area contributed by atoms with Crippen molar-refractivity contribution >= 4 is 22.6 Å². The summed E-state index contributed by atoms with van der Waals surface area (Å²) in [6.45, 7) is 2.19. The first-order chi connectivity index (χ1) is 12.6. The van der Waals surface area contributed by atoms with Crippen LogP contribution in [-0.4, -0.2) is 17.9 Å². The molecule has 0 unspecified atom stereocenters. The lowest BCUT2D eigenvalue weighted by atomic mass is 10.0. The molecule has 4 heteroatoms. The highest BCUT2D eigenvalue weighted by atomic mass is 16.2. The zero-order valence-corrected chi connectivity index (χ0v) is 15.7. The second-order valence-electron chi connectivity index (χ2n) is 6.94. The highest BCUT2D eigenvalue weighted by molar-refractivity contribution is 5.88. The van der Waals surface area contributed by atoms with E-state index in [0.29, 0.717) is 6.42 Å². The molecule has 0 fully saturated rings. The van der Waals surface area contributed by atoms with Gasteiger partial charge in [0.2, 0.25) is 11.8 Å². The van der Waals surface area contributed by atoms with Crippen LogP contribution in [0.1, 0.15) is 57.4 Å². The smallest absolute Gasteiger partial charge is 0.239 e. The monoisotopic (exact) mass is 354 g/mol. The molecule has 2 aromatic carbocycles. The zero-order chi connectivity index (χ0) is 18.8. The third kappa shape index (κ3) is 6.51. The topological polar surface area (TPSA) is 72.2 Å². The number of carbonyl (C=O) groups is 2. The Balaban J connectivity index is 1.83.